The Morgan fingerprint density at radius 3 is 2.35 bits per heavy atom. The molecule has 1 aromatic carbocycles. The molecule has 0 bridgehead atoms. The summed E-state index contributed by atoms with van der Waals surface area (Å²) in [6.45, 7) is 0.159. The highest BCUT2D eigenvalue weighted by Crippen LogP contribution is 2.31. The molecule has 0 radical (unpaired) electrons. The van der Waals surface area contributed by atoms with Crippen LogP contribution in [0, 0.1) is 0 Å². The quantitative estimate of drug-likeness (QED) is 0.737. The highest BCUT2D eigenvalue weighted by Gasteiger charge is 2.30. The Hall–Kier alpha value is -1.82. The van der Waals surface area contributed by atoms with E-state index < -0.39 is 5.91 Å². The summed E-state index contributed by atoms with van der Waals surface area (Å²) >= 11 is 4.90. The first-order valence-electron chi connectivity index (χ1n) is 6.61. The molecular weight excluding hydrogens is 276 g/mol. The normalized spacial score (nSPS) is 15.2. The second kappa shape index (κ2) is 6.09. The molecule has 0 aliphatic heterocycles. The Morgan fingerprint density at radius 1 is 1.30 bits per heavy atom. The monoisotopic (exact) mass is 294 g/mol. The van der Waals surface area contributed by atoms with Crippen LogP contribution in [0.4, 0.5) is 0 Å². The summed E-state index contributed by atoms with van der Waals surface area (Å²) in [5.74, 6) is -0.901. The van der Waals surface area contributed by atoms with Gasteiger partial charge in [0.15, 0.2) is 0 Å². The minimum atomic E-state index is -0.430. The standard InChI is InChI=1S/C14H18N2O3S/c15-12(20)8-16(9-4-1-2-5-9)14(19)13-10(17)6-3-7-11(13)18/h3,6-7,9,17-18H,1-2,4-5,8H2,(H2,15,20). The van der Waals surface area contributed by atoms with Gasteiger partial charge in [-0.15, -0.1) is 0 Å². The van der Waals surface area contributed by atoms with E-state index in [4.69, 9.17) is 18.0 Å². The first-order chi connectivity index (χ1) is 9.50. The summed E-state index contributed by atoms with van der Waals surface area (Å²) in [7, 11) is 0. The van der Waals surface area contributed by atoms with Crippen LogP contribution in [-0.2, 0) is 0 Å². The number of hydrogen-bond donors (Lipinski definition) is 3. The van der Waals surface area contributed by atoms with Gasteiger partial charge in [-0.25, -0.2) is 0 Å². The highest BCUT2D eigenvalue weighted by molar-refractivity contribution is 7.80. The van der Waals surface area contributed by atoms with Crippen LogP contribution >= 0.6 is 12.2 Å². The fourth-order valence-corrected chi connectivity index (χ4v) is 2.78. The number of amides is 1. The van der Waals surface area contributed by atoms with Gasteiger partial charge in [-0.05, 0) is 25.0 Å². The van der Waals surface area contributed by atoms with Crippen molar-refractivity contribution in [2.24, 2.45) is 5.73 Å². The minimum Gasteiger partial charge on any atom is -0.507 e. The van der Waals surface area contributed by atoms with Gasteiger partial charge in [0.05, 0.1) is 11.5 Å². The van der Waals surface area contributed by atoms with E-state index in [0.29, 0.717) is 0 Å². The second-order valence-electron chi connectivity index (χ2n) is 5.01. The summed E-state index contributed by atoms with van der Waals surface area (Å²) in [6.07, 6.45) is 3.89. The number of carbonyl (C=O) groups is 1. The van der Waals surface area contributed by atoms with Gasteiger partial charge in [-0.1, -0.05) is 31.1 Å². The Labute approximate surface area is 123 Å². The number of nitrogens with two attached hydrogens (primary N) is 1. The first-order valence-corrected chi connectivity index (χ1v) is 7.01. The predicted octanol–water partition coefficient (Wildman–Crippen LogP) is 1.77. The molecule has 1 fully saturated rings. The zero-order valence-electron chi connectivity index (χ0n) is 11.1. The molecule has 0 saturated heterocycles. The van der Waals surface area contributed by atoms with Crippen molar-refractivity contribution in [2.45, 2.75) is 31.7 Å². The third-order valence-electron chi connectivity index (χ3n) is 3.59. The van der Waals surface area contributed by atoms with Gasteiger partial charge in [0, 0.05) is 6.04 Å². The van der Waals surface area contributed by atoms with Crippen molar-refractivity contribution in [3.05, 3.63) is 23.8 Å². The molecule has 0 spiro atoms. The van der Waals surface area contributed by atoms with Gasteiger partial charge in [0.1, 0.15) is 17.1 Å². The van der Waals surface area contributed by atoms with Crippen LogP contribution in [0.15, 0.2) is 18.2 Å². The number of thiocarbonyl (C=S) groups is 1. The van der Waals surface area contributed by atoms with E-state index in [1.54, 1.807) is 4.90 Å². The molecule has 6 heteroatoms. The van der Waals surface area contributed by atoms with Crippen molar-refractivity contribution in [1.82, 2.24) is 4.90 Å². The van der Waals surface area contributed by atoms with Gasteiger partial charge in [-0.2, -0.15) is 0 Å². The van der Waals surface area contributed by atoms with Gasteiger partial charge >= 0.3 is 0 Å². The lowest BCUT2D eigenvalue weighted by Crippen LogP contribution is -2.43. The van der Waals surface area contributed by atoms with Crippen molar-refractivity contribution in [1.29, 1.82) is 0 Å². The molecule has 0 aromatic heterocycles. The number of rotatable bonds is 4. The Balaban J connectivity index is 2.32. The molecule has 4 N–H and O–H groups in total. The smallest absolute Gasteiger partial charge is 0.262 e. The van der Waals surface area contributed by atoms with E-state index in [0.717, 1.165) is 25.7 Å². The van der Waals surface area contributed by atoms with Crippen molar-refractivity contribution in [2.75, 3.05) is 6.54 Å². The molecule has 0 heterocycles. The van der Waals surface area contributed by atoms with E-state index >= 15 is 0 Å². The lowest BCUT2D eigenvalue weighted by Gasteiger charge is -2.29. The van der Waals surface area contributed by atoms with E-state index in [9.17, 15) is 15.0 Å². The highest BCUT2D eigenvalue weighted by atomic mass is 32.1. The topological polar surface area (TPSA) is 86.8 Å². The fraction of sp³-hybridized carbons (Fsp3) is 0.429. The molecule has 2 rings (SSSR count). The summed E-state index contributed by atoms with van der Waals surface area (Å²) in [6, 6.07) is 4.29. The molecule has 0 atom stereocenters. The third kappa shape index (κ3) is 3.01. The summed E-state index contributed by atoms with van der Waals surface area (Å²) < 4.78 is 0. The molecule has 1 aliphatic carbocycles. The van der Waals surface area contributed by atoms with Gasteiger partial charge < -0.3 is 20.8 Å². The van der Waals surface area contributed by atoms with Crippen molar-refractivity contribution >= 4 is 23.1 Å². The van der Waals surface area contributed by atoms with Crippen LogP contribution in [0.3, 0.4) is 0 Å². The molecule has 108 valence electrons. The predicted molar refractivity (Wildman–Crippen MR) is 79.8 cm³/mol. The number of nitrogens with zero attached hydrogens (tertiary/aromatic N) is 1. The van der Waals surface area contributed by atoms with Crippen LogP contribution in [0.25, 0.3) is 0 Å². The van der Waals surface area contributed by atoms with Crippen LogP contribution in [0.5, 0.6) is 11.5 Å². The van der Waals surface area contributed by atoms with Gasteiger partial charge in [-0.3, -0.25) is 4.79 Å². The van der Waals surface area contributed by atoms with Gasteiger partial charge in [0.2, 0.25) is 0 Å². The Kier molecular flexibility index (Phi) is 4.44. The van der Waals surface area contributed by atoms with E-state index in [1.807, 2.05) is 0 Å². The maximum atomic E-state index is 12.6. The van der Waals surface area contributed by atoms with Gasteiger partial charge in [0.25, 0.3) is 5.91 Å². The molecular formula is C14H18N2O3S. The summed E-state index contributed by atoms with van der Waals surface area (Å²) in [5, 5.41) is 19.6. The molecule has 20 heavy (non-hydrogen) atoms. The fourth-order valence-electron chi connectivity index (χ4n) is 2.64. The Morgan fingerprint density at radius 2 is 1.85 bits per heavy atom. The molecule has 1 aliphatic rings. The third-order valence-corrected chi connectivity index (χ3v) is 3.72. The van der Waals surface area contributed by atoms with E-state index in [2.05, 4.69) is 0 Å². The molecule has 5 nitrogen and oxygen atoms in total. The summed E-state index contributed by atoms with van der Waals surface area (Å²) in [4.78, 5) is 14.4. The zero-order valence-corrected chi connectivity index (χ0v) is 11.9. The maximum Gasteiger partial charge on any atom is 0.262 e. The largest absolute Gasteiger partial charge is 0.507 e. The van der Waals surface area contributed by atoms with Crippen LogP contribution < -0.4 is 5.73 Å². The zero-order chi connectivity index (χ0) is 14.7. The number of hydrogen-bond acceptors (Lipinski definition) is 4. The molecule has 1 amide bonds. The number of aromatic hydroxyl groups is 2. The van der Waals surface area contributed by atoms with Crippen molar-refractivity contribution in [3.63, 3.8) is 0 Å². The lowest BCUT2D eigenvalue weighted by molar-refractivity contribution is 0.0708. The van der Waals surface area contributed by atoms with E-state index in [1.165, 1.54) is 18.2 Å². The lowest BCUT2D eigenvalue weighted by atomic mass is 10.1. The molecule has 1 aromatic rings. The maximum absolute atomic E-state index is 12.6. The molecule has 1 saturated carbocycles. The summed E-state index contributed by atoms with van der Waals surface area (Å²) in [5.41, 5.74) is 5.48. The van der Waals surface area contributed by atoms with Crippen molar-refractivity contribution < 1.29 is 15.0 Å². The van der Waals surface area contributed by atoms with Crippen molar-refractivity contribution in [3.8, 4) is 11.5 Å². The number of phenolic OH excluding ortho intramolecular Hbond substituents is 2. The van der Waals surface area contributed by atoms with Crippen LogP contribution in [0.1, 0.15) is 36.0 Å². The van der Waals surface area contributed by atoms with E-state index in [-0.39, 0.29) is 34.6 Å². The number of phenols is 2. The minimum absolute atomic E-state index is 0.0583. The first kappa shape index (κ1) is 14.6. The second-order valence-corrected chi connectivity index (χ2v) is 5.53. The van der Waals surface area contributed by atoms with Crippen LogP contribution in [0.2, 0.25) is 0 Å². The number of carbonyl (C=O) groups excluding carboxylic acids is 1. The SMILES string of the molecule is NC(=S)CN(C(=O)c1c(O)cccc1O)C1CCCC1. The molecule has 0 unspecified atom stereocenters. The van der Waals surface area contributed by atoms with Crippen LogP contribution in [-0.4, -0.2) is 38.6 Å². The number of benzene rings is 1. The Bertz CT molecular complexity index is 507. The average molecular weight is 294 g/mol. The average Bonchev–Trinajstić information content (AvgIpc) is 2.88.